The molecule has 0 fully saturated rings. The highest BCUT2D eigenvalue weighted by Crippen LogP contribution is 2.23. The molecule has 3 rings (SSSR count). The number of ether oxygens (including phenoxy) is 1. The van der Waals surface area contributed by atoms with Crippen LogP contribution in [-0.2, 0) is 4.74 Å². The van der Waals surface area contributed by atoms with Crippen molar-refractivity contribution >= 4 is 28.5 Å². The number of aromatic nitrogens is 2. The second-order valence-electron chi connectivity index (χ2n) is 4.47. The minimum absolute atomic E-state index is 0.318. The molecule has 0 aliphatic heterocycles. The van der Waals surface area contributed by atoms with E-state index >= 15 is 0 Å². The summed E-state index contributed by atoms with van der Waals surface area (Å²) < 4.78 is 6.75. The minimum Gasteiger partial charge on any atom is -0.461 e. The van der Waals surface area contributed by atoms with Crippen LogP contribution in [0.3, 0.4) is 0 Å². The van der Waals surface area contributed by atoms with Crippen LogP contribution in [0.5, 0.6) is 0 Å². The van der Waals surface area contributed by atoms with E-state index in [4.69, 9.17) is 16.3 Å². The first-order chi connectivity index (χ1) is 10.2. The molecule has 3 aromatic rings. The molecule has 5 heteroatoms. The number of hydrogen-bond donors (Lipinski definition) is 0. The maximum Gasteiger partial charge on any atom is 0.357 e. The number of nitrogens with zero attached hydrogens (tertiary/aromatic N) is 2. The van der Waals surface area contributed by atoms with Gasteiger partial charge in [0.2, 0.25) is 0 Å². The Balaban J connectivity index is 2.23. The third kappa shape index (κ3) is 2.50. The highest BCUT2D eigenvalue weighted by atomic mass is 35.5. The van der Waals surface area contributed by atoms with Gasteiger partial charge in [-0.3, -0.25) is 0 Å². The molecule has 2 aromatic carbocycles. The average molecular weight is 301 g/mol. The molecule has 0 unspecified atom stereocenters. The molecule has 0 amide bonds. The quantitative estimate of drug-likeness (QED) is 0.690. The Morgan fingerprint density at radius 3 is 2.62 bits per heavy atom. The molecule has 0 N–H and O–H groups in total. The number of carbonyl (C=O) groups excluding carboxylic acids is 1. The van der Waals surface area contributed by atoms with Crippen LogP contribution in [0.25, 0.3) is 16.6 Å². The van der Waals surface area contributed by atoms with Crippen molar-refractivity contribution in [2.75, 3.05) is 6.61 Å². The summed E-state index contributed by atoms with van der Waals surface area (Å²) >= 11 is 5.91. The lowest BCUT2D eigenvalue weighted by Gasteiger charge is -2.07. The van der Waals surface area contributed by atoms with Crippen molar-refractivity contribution in [1.82, 2.24) is 9.78 Å². The highest BCUT2D eigenvalue weighted by molar-refractivity contribution is 6.30. The zero-order valence-electron chi connectivity index (χ0n) is 11.4. The molecule has 0 radical (unpaired) electrons. The van der Waals surface area contributed by atoms with Crippen molar-refractivity contribution in [3.8, 4) is 5.69 Å². The largest absolute Gasteiger partial charge is 0.461 e. The van der Waals surface area contributed by atoms with E-state index in [1.165, 1.54) is 0 Å². The average Bonchev–Trinajstić information content (AvgIpc) is 2.87. The van der Waals surface area contributed by atoms with Crippen LogP contribution in [0.2, 0.25) is 5.02 Å². The summed E-state index contributed by atoms with van der Waals surface area (Å²) in [6.07, 6.45) is 0. The molecule has 0 bridgehead atoms. The Morgan fingerprint density at radius 2 is 1.90 bits per heavy atom. The second-order valence-corrected chi connectivity index (χ2v) is 4.91. The molecule has 0 atom stereocenters. The molecule has 0 spiro atoms. The number of rotatable bonds is 3. The van der Waals surface area contributed by atoms with Crippen LogP contribution < -0.4 is 0 Å². The summed E-state index contributed by atoms with van der Waals surface area (Å²) in [7, 11) is 0. The first-order valence-electron chi connectivity index (χ1n) is 6.61. The maximum absolute atomic E-state index is 12.3. The van der Waals surface area contributed by atoms with Gasteiger partial charge in [0, 0.05) is 10.4 Å². The minimum atomic E-state index is -0.388. The van der Waals surface area contributed by atoms with Gasteiger partial charge in [-0.05, 0) is 37.3 Å². The standard InChI is InChI=1S/C16H13ClN2O2/c1-2-21-16(20)15-13-5-3-4-6-14(13)18-19(15)12-9-7-11(17)8-10-12/h3-10H,2H2,1H3. The van der Waals surface area contributed by atoms with Gasteiger partial charge in [-0.1, -0.05) is 29.8 Å². The van der Waals surface area contributed by atoms with E-state index in [0.717, 1.165) is 16.6 Å². The molecule has 106 valence electrons. The lowest BCUT2D eigenvalue weighted by Crippen LogP contribution is -2.12. The molecule has 4 nitrogen and oxygen atoms in total. The number of benzene rings is 2. The van der Waals surface area contributed by atoms with Crippen molar-refractivity contribution < 1.29 is 9.53 Å². The summed E-state index contributed by atoms with van der Waals surface area (Å²) in [5, 5.41) is 5.89. The van der Waals surface area contributed by atoms with Gasteiger partial charge in [-0.15, -0.1) is 0 Å². The SMILES string of the molecule is CCOC(=O)c1c2ccccc2nn1-c1ccc(Cl)cc1. The van der Waals surface area contributed by atoms with Crippen LogP contribution in [0.1, 0.15) is 17.4 Å². The van der Waals surface area contributed by atoms with E-state index in [2.05, 4.69) is 5.10 Å². The molecule has 1 aromatic heterocycles. The van der Waals surface area contributed by atoms with Crippen molar-refractivity contribution in [2.45, 2.75) is 6.92 Å². The van der Waals surface area contributed by atoms with Gasteiger partial charge in [-0.25, -0.2) is 9.48 Å². The van der Waals surface area contributed by atoms with E-state index < -0.39 is 0 Å². The first-order valence-corrected chi connectivity index (χ1v) is 6.99. The number of fused-ring (bicyclic) bond motifs is 1. The van der Waals surface area contributed by atoms with E-state index in [1.807, 2.05) is 36.4 Å². The van der Waals surface area contributed by atoms with Gasteiger partial charge in [0.1, 0.15) is 0 Å². The van der Waals surface area contributed by atoms with Gasteiger partial charge in [-0.2, -0.15) is 5.10 Å². The number of esters is 1. The van der Waals surface area contributed by atoms with Crippen molar-refractivity contribution in [3.05, 3.63) is 59.2 Å². The van der Waals surface area contributed by atoms with Gasteiger partial charge in [0.25, 0.3) is 0 Å². The third-order valence-corrected chi connectivity index (χ3v) is 3.37. The fraction of sp³-hybridized carbons (Fsp3) is 0.125. The van der Waals surface area contributed by atoms with Gasteiger partial charge in [0.05, 0.1) is 17.8 Å². The predicted molar refractivity (Wildman–Crippen MR) is 82.0 cm³/mol. The lowest BCUT2D eigenvalue weighted by molar-refractivity contribution is 0.0518. The maximum atomic E-state index is 12.3. The Morgan fingerprint density at radius 1 is 1.19 bits per heavy atom. The Bertz CT molecular complexity index is 794. The van der Waals surface area contributed by atoms with E-state index in [0.29, 0.717) is 17.3 Å². The number of halogens is 1. The zero-order chi connectivity index (χ0) is 14.8. The summed E-state index contributed by atoms with van der Waals surface area (Å²) in [4.78, 5) is 12.3. The summed E-state index contributed by atoms with van der Waals surface area (Å²) in [5.41, 5.74) is 1.93. The van der Waals surface area contributed by atoms with Crippen LogP contribution in [-0.4, -0.2) is 22.4 Å². The van der Waals surface area contributed by atoms with Gasteiger partial charge in [0.15, 0.2) is 5.69 Å². The second kappa shape index (κ2) is 5.58. The Hall–Kier alpha value is -2.33. The number of carbonyl (C=O) groups is 1. The fourth-order valence-corrected chi connectivity index (χ4v) is 2.32. The molecular weight excluding hydrogens is 288 g/mol. The van der Waals surface area contributed by atoms with Gasteiger partial charge < -0.3 is 4.74 Å². The van der Waals surface area contributed by atoms with Crippen LogP contribution in [0.15, 0.2) is 48.5 Å². The molecule has 0 saturated carbocycles. The monoisotopic (exact) mass is 300 g/mol. The van der Waals surface area contributed by atoms with Crippen molar-refractivity contribution in [3.63, 3.8) is 0 Å². The van der Waals surface area contributed by atoms with Gasteiger partial charge >= 0.3 is 5.97 Å². The summed E-state index contributed by atoms with van der Waals surface area (Å²) in [5.74, 6) is -0.388. The topological polar surface area (TPSA) is 44.1 Å². The van der Waals surface area contributed by atoms with Crippen LogP contribution in [0.4, 0.5) is 0 Å². The van der Waals surface area contributed by atoms with Crippen molar-refractivity contribution in [2.24, 2.45) is 0 Å². The molecule has 1 heterocycles. The van der Waals surface area contributed by atoms with Crippen LogP contribution in [0, 0.1) is 0 Å². The van der Waals surface area contributed by atoms with E-state index in [1.54, 1.807) is 23.7 Å². The first kappa shape index (κ1) is 13.6. The Kier molecular flexibility index (Phi) is 3.62. The molecule has 0 aliphatic rings. The molecule has 0 aliphatic carbocycles. The molecule has 0 saturated heterocycles. The van der Waals surface area contributed by atoms with Crippen LogP contribution >= 0.6 is 11.6 Å². The highest BCUT2D eigenvalue weighted by Gasteiger charge is 2.20. The normalized spacial score (nSPS) is 10.8. The summed E-state index contributed by atoms with van der Waals surface area (Å²) in [6, 6.07) is 14.6. The third-order valence-electron chi connectivity index (χ3n) is 3.12. The number of hydrogen-bond acceptors (Lipinski definition) is 3. The molecular formula is C16H13ClN2O2. The zero-order valence-corrected chi connectivity index (χ0v) is 12.2. The van der Waals surface area contributed by atoms with E-state index in [-0.39, 0.29) is 5.97 Å². The lowest BCUT2D eigenvalue weighted by atomic mass is 10.2. The molecule has 21 heavy (non-hydrogen) atoms. The summed E-state index contributed by atoms with van der Waals surface area (Å²) in [6.45, 7) is 2.10. The van der Waals surface area contributed by atoms with Crippen molar-refractivity contribution in [1.29, 1.82) is 0 Å². The predicted octanol–water partition coefficient (Wildman–Crippen LogP) is 3.86. The van der Waals surface area contributed by atoms with E-state index in [9.17, 15) is 4.79 Å². The fourth-order valence-electron chi connectivity index (χ4n) is 2.20. The smallest absolute Gasteiger partial charge is 0.357 e. The Labute approximate surface area is 126 Å².